The van der Waals surface area contributed by atoms with Crippen molar-refractivity contribution in [1.82, 2.24) is 0 Å². The fourth-order valence-electron chi connectivity index (χ4n) is 2.27. The van der Waals surface area contributed by atoms with Crippen LogP contribution in [0, 0.1) is 0 Å². The van der Waals surface area contributed by atoms with Crippen LogP contribution < -0.4 is 10.1 Å². The molecule has 1 amide bonds. The molecular formula is C20H12Cl3NO3. The predicted molar refractivity (Wildman–Crippen MR) is 107 cm³/mol. The molecule has 0 saturated carbocycles. The van der Waals surface area contributed by atoms with Gasteiger partial charge in [-0.1, -0.05) is 53.0 Å². The first-order valence-corrected chi connectivity index (χ1v) is 8.90. The summed E-state index contributed by atoms with van der Waals surface area (Å²) in [5.74, 6) is -1.03. The van der Waals surface area contributed by atoms with Crippen molar-refractivity contribution < 1.29 is 14.3 Å². The van der Waals surface area contributed by atoms with Crippen LogP contribution in [0.1, 0.15) is 20.7 Å². The molecule has 1 N–H and O–H groups in total. The maximum Gasteiger partial charge on any atom is 0.343 e. The van der Waals surface area contributed by atoms with E-state index in [-0.39, 0.29) is 11.3 Å². The van der Waals surface area contributed by atoms with Crippen LogP contribution in [0.4, 0.5) is 5.69 Å². The zero-order valence-electron chi connectivity index (χ0n) is 13.7. The van der Waals surface area contributed by atoms with Gasteiger partial charge in [-0.25, -0.2) is 4.79 Å². The molecule has 27 heavy (non-hydrogen) atoms. The fourth-order valence-corrected chi connectivity index (χ4v) is 2.73. The van der Waals surface area contributed by atoms with Crippen LogP contribution in [0.3, 0.4) is 0 Å². The first-order chi connectivity index (χ1) is 12.9. The van der Waals surface area contributed by atoms with Gasteiger partial charge in [0.15, 0.2) is 0 Å². The summed E-state index contributed by atoms with van der Waals surface area (Å²) in [5, 5.41) is 3.69. The lowest BCUT2D eigenvalue weighted by Crippen LogP contribution is -2.16. The van der Waals surface area contributed by atoms with Crippen LogP contribution in [-0.4, -0.2) is 11.9 Å². The highest BCUT2D eigenvalue weighted by Crippen LogP contribution is 2.28. The molecule has 0 unspecified atom stereocenters. The number of ether oxygens (including phenoxy) is 1. The summed E-state index contributed by atoms with van der Waals surface area (Å²) in [6.07, 6.45) is 0. The Morgan fingerprint density at radius 1 is 0.815 bits per heavy atom. The second kappa shape index (κ2) is 8.44. The predicted octanol–water partition coefficient (Wildman–Crippen LogP) is 6.12. The molecule has 0 aromatic heterocycles. The quantitative estimate of drug-likeness (QED) is 0.409. The molecule has 3 aromatic rings. The molecule has 0 aliphatic carbocycles. The molecule has 0 atom stereocenters. The minimum atomic E-state index is -0.596. The van der Waals surface area contributed by atoms with Crippen molar-refractivity contribution in [3.8, 4) is 5.75 Å². The average molecular weight is 421 g/mol. The van der Waals surface area contributed by atoms with Gasteiger partial charge in [-0.05, 0) is 42.5 Å². The fraction of sp³-hybridized carbons (Fsp3) is 0. The van der Waals surface area contributed by atoms with E-state index in [2.05, 4.69) is 5.32 Å². The summed E-state index contributed by atoms with van der Waals surface area (Å²) >= 11 is 17.8. The van der Waals surface area contributed by atoms with E-state index in [9.17, 15) is 9.59 Å². The van der Waals surface area contributed by atoms with Crippen LogP contribution in [0.2, 0.25) is 15.1 Å². The van der Waals surface area contributed by atoms with Crippen LogP contribution >= 0.6 is 34.8 Å². The molecule has 136 valence electrons. The zero-order valence-corrected chi connectivity index (χ0v) is 16.0. The molecule has 0 bridgehead atoms. The zero-order chi connectivity index (χ0) is 19.4. The van der Waals surface area contributed by atoms with Crippen molar-refractivity contribution in [2.24, 2.45) is 0 Å². The van der Waals surface area contributed by atoms with Gasteiger partial charge in [0.1, 0.15) is 5.75 Å². The number of nitrogens with one attached hydrogen (secondary N) is 1. The minimum Gasteiger partial charge on any atom is -0.422 e. The van der Waals surface area contributed by atoms with Crippen LogP contribution in [0.15, 0.2) is 66.7 Å². The Bertz CT molecular complexity index is 1010. The standard InChI is InChI=1S/C20H12Cl3NO3/c21-13-6-8-15(19(25)24-14-7-9-16(22)17(23)11-14)18(10-13)27-20(26)12-4-2-1-3-5-12/h1-11H,(H,24,25). The van der Waals surface area contributed by atoms with Gasteiger partial charge in [-0.3, -0.25) is 4.79 Å². The average Bonchev–Trinajstić information content (AvgIpc) is 2.65. The Morgan fingerprint density at radius 3 is 2.26 bits per heavy atom. The molecular weight excluding hydrogens is 409 g/mol. The number of rotatable bonds is 4. The lowest BCUT2D eigenvalue weighted by molar-refractivity contribution is 0.0733. The highest BCUT2D eigenvalue weighted by molar-refractivity contribution is 6.42. The SMILES string of the molecule is O=C(Oc1cc(Cl)ccc1C(=O)Nc1ccc(Cl)c(Cl)c1)c1ccccc1. The molecule has 0 aliphatic rings. The highest BCUT2D eigenvalue weighted by Gasteiger charge is 2.17. The monoisotopic (exact) mass is 419 g/mol. The highest BCUT2D eigenvalue weighted by atomic mass is 35.5. The molecule has 3 rings (SSSR count). The first kappa shape index (κ1) is 19.2. The van der Waals surface area contributed by atoms with Crippen molar-refractivity contribution >= 4 is 52.4 Å². The minimum absolute atomic E-state index is 0.0499. The van der Waals surface area contributed by atoms with E-state index in [0.29, 0.717) is 26.3 Å². The third-order valence-corrected chi connectivity index (χ3v) is 4.55. The molecule has 0 spiro atoms. The molecule has 0 heterocycles. The van der Waals surface area contributed by atoms with E-state index in [1.54, 1.807) is 42.5 Å². The number of amides is 1. The molecule has 0 aliphatic heterocycles. The first-order valence-electron chi connectivity index (χ1n) is 7.77. The Labute approximate surface area is 170 Å². The lowest BCUT2D eigenvalue weighted by atomic mass is 10.1. The Balaban J connectivity index is 1.85. The Hall–Kier alpha value is -2.53. The van der Waals surface area contributed by atoms with E-state index >= 15 is 0 Å². The number of carbonyl (C=O) groups is 2. The van der Waals surface area contributed by atoms with Crippen LogP contribution in [-0.2, 0) is 0 Å². The van der Waals surface area contributed by atoms with E-state index in [1.807, 2.05) is 0 Å². The smallest absolute Gasteiger partial charge is 0.343 e. The number of hydrogen-bond donors (Lipinski definition) is 1. The topological polar surface area (TPSA) is 55.4 Å². The van der Waals surface area contributed by atoms with Gasteiger partial charge in [0.05, 0.1) is 21.2 Å². The lowest BCUT2D eigenvalue weighted by Gasteiger charge is -2.11. The number of carbonyl (C=O) groups excluding carboxylic acids is 2. The van der Waals surface area contributed by atoms with Crippen molar-refractivity contribution in [3.05, 3.63) is 92.9 Å². The molecule has 0 saturated heterocycles. The number of benzene rings is 3. The van der Waals surface area contributed by atoms with E-state index < -0.39 is 11.9 Å². The van der Waals surface area contributed by atoms with Crippen molar-refractivity contribution in [2.45, 2.75) is 0 Å². The second-order valence-corrected chi connectivity index (χ2v) is 6.73. The second-order valence-electron chi connectivity index (χ2n) is 5.48. The third-order valence-electron chi connectivity index (χ3n) is 3.58. The van der Waals surface area contributed by atoms with Crippen molar-refractivity contribution in [1.29, 1.82) is 0 Å². The van der Waals surface area contributed by atoms with Crippen LogP contribution in [0.25, 0.3) is 0 Å². The number of anilines is 1. The Kier molecular flexibility index (Phi) is 6.01. The van der Waals surface area contributed by atoms with Gasteiger partial charge < -0.3 is 10.1 Å². The van der Waals surface area contributed by atoms with Gasteiger partial charge in [-0.2, -0.15) is 0 Å². The van der Waals surface area contributed by atoms with E-state index in [4.69, 9.17) is 39.5 Å². The maximum atomic E-state index is 12.6. The summed E-state index contributed by atoms with van der Waals surface area (Å²) in [5.41, 5.74) is 0.952. The number of hydrogen-bond acceptors (Lipinski definition) is 3. The normalized spacial score (nSPS) is 10.3. The van der Waals surface area contributed by atoms with Gasteiger partial charge >= 0.3 is 5.97 Å². The van der Waals surface area contributed by atoms with Crippen molar-refractivity contribution in [2.75, 3.05) is 5.32 Å². The maximum absolute atomic E-state index is 12.6. The summed E-state index contributed by atoms with van der Waals surface area (Å²) in [6, 6.07) is 17.6. The summed E-state index contributed by atoms with van der Waals surface area (Å²) in [7, 11) is 0. The molecule has 3 aromatic carbocycles. The molecule has 0 fully saturated rings. The largest absolute Gasteiger partial charge is 0.422 e. The summed E-state index contributed by atoms with van der Waals surface area (Å²) in [4.78, 5) is 25.0. The molecule has 4 nitrogen and oxygen atoms in total. The number of esters is 1. The third kappa shape index (κ3) is 4.80. The molecule has 0 radical (unpaired) electrons. The van der Waals surface area contributed by atoms with E-state index in [0.717, 1.165) is 0 Å². The van der Waals surface area contributed by atoms with Crippen LogP contribution in [0.5, 0.6) is 5.75 Å². The summed E-state index contributed by atoms with van der Waals surface area (Å²) < 4.78 is 5.38. The Morgan fingerprint density at radius 2 is 1.56 bits per heavy atom. The van der Waals surface area contributed by atoms with Gasteiger partial charge in [0.2, 0.25) is 0 Å². The molecule has 7 heteroatoms. The summed E-state index contributed by atoms with van der Waals surface area (Å²) in [6.45, 7) is 0. The van der Waals surface area contributed by atoms with Gasteiger partial charge in [0.25, 0.3) is 5.91 Å². The van der Waals surface area contributed by atoms with E-state index in [1.165, 1.54) is 24.3 Å². The van der Waals surface area contributed by atoms with Gasteiger partial charge in [-0.15, -0.1) is 0 Å². The van der Waals surface area contributed by atoms with Gasteiger partial charge in [0, 0.05) is 16.8 Å². The van der Waals surface area contributed by atoms with Crippen molar-refractivity contribution in [3.63, 3.8) is 0 Å². The number of halogens is 3.